The molecule has 4 nitrogen and oxygen atoms in total. The summed E-state index contributed by atoms with van der Waals surface area (Å²) in [4.78, 5) is 11.6. The van der Waals surface area contributed by atoms with E-state index in [0.717, 1.165) is 12.0 Å². The molecule has 1 unspecified atom stereocenters. The fraction of sp³-hybridized carbons (Fsp3) is 0.562. The fourth-order valence-corrected chi connectivity index (χ4v) is 2.15. The first kappa shape index (κ1) is 16.5. The van der Waals surface area contributed by atoms with Gasteiger partial charge in [0.25, 0.3) is 0 Å². The van der Waals surface area contributed by atoms with Crippen LogP contribution in [0.25, 0.3) is 0 Å². The summed E-state index contributed by atoms with van der Waals surface area (Å²) in [6, 6.07) is 9.59. The predicted octanol–water partition coefficient (Wildman–Crippen LogP) is 2.96. The molecule has 1 aromatic carbocycles. The minimum atomic E-state index is -0.402. The highest BCUT2D eigenvalue weighted by Gasteiger charge is 2.12. The Labute approximate surface area is 121 Å². The molecule has 112 valence electrons. The number of aliphatic hydroxyl groups excluding tert-OH is 1. The molecule has 1 aromatic rings. The fourth-order valence-electron chi connectivity index (χ4n) is 2.15. The zero-order valence-corrected chi connectivity index (χ0v) is 12.3. The van der Waals surface area contributed by atoms with Crippen LogP contribution in [0.4, 0.5) is 4.79 Å². The number of hydrogen-bond donors (Lipinski definition) is 2. The summed E-state index contributed by atoms with van der Waals surface area (Å²) < 4.78 is 5.15. The lowest BCUT2D eigenvalue weighted by molar-refractivity contribution is 0.136. The SMILES string of the molecule is CC(C)CC(CCO)CNC(=O)OCc1ccccc1. The summed E-state index contributed by atoms with van der Waals surface area (Å²) in [5.41, 5.74) is 0.969. The largest absolute Gasteiger partial charge is 0.445 e. The van der Waals surface area contributed by atoms with E-state index in [4.69, 9.17) is 9.84 Å². The van der Waals surface area contributed by atoms with Gasteiger partial charge in [0.1, 0.15) is 6.61 Å². The molecule has 0 aliphatic carbocycles. The van der Waals surface area contributed by atoms with E-state index in [-0.39, 0.29) is 13.2 Å². The number of hydrogen-bond acceptors (Lipinski definition) is 3. The maximum absolute atomic E-state index is 11.6. The number of ether oxygens (including phenoxy) is 1. The molecular weight excluding hydrogens is 254 g/mol. The van der Waals surface area contributed by atoms with E-state index in [1.54, 1.807) is 0 Å². The molecule has 0 heterocycles. The zero-order valence-electron chi connectivity index (χ0n) is 12.3. The molecule has 1 atom stereocenters. The van der Waals surface area contributed by atoms with Crippen LogP contribution in [0.5, 0.6) is 0 Å². The van der Waals surface area contributed by atoms with E-state index in [1.807, 2.05) is 30.3 Å². The number of rotatable bonds is 8. The van der Waals surface area contributed by atoms with Crippen molar-refractivity contribution < 1.29 is 14.6 Å². The van der Waals surface area contributed by atoms with Gasteiger partial charge in [0.2, 0.25) is 0 Å². The van der Waals surface area contributed by atoms with Gasteiger partial charge in [0, 0.05) is 13.2 Å². The highest BCUT2D eigenvalue weighted by molar-refractivity contribution is 5.67. The average molecular weight is 279 g/mol. The summed E-state index contributed by atoms with van der Waals surface area (Å²) in [6.07, 6.45) is 1.29. The van der Waals surface area contributed by atoms with Gasteiger partial charge in [0.15, 0.2) is 0 Å². The van der Waals surface area contributed by atoms with Crippen molar-refractivity contribution in [1.82, 2.24) is 5.32 Å². The van der Waals surface area contributed by atoms with Crippen molar-refractivity contribution in [3.8, 4) is 0 Å². The molecule has 2 N–H and O–H groups in total. The van der Waals surface area contributed by atoms with Crippen LogP contribution in [-0.2, 0) is 11.3 Å². The minimum Gasteiger partial charge on any atom is -0.445 e. The first-order chi connectivity index (χ1) is 9.61. The summed E-state index contributed by atoms with van der Waals surface area (Å²) in [7, 11) is 0. The van der Waals surface area contributed by atoms with Gasteiger partial charge < -0.3 is 15.2 Å². The van der Waals surface area contributed by atoms with Crippen LogP contribution in [0.1, 0.15) is 32.3 Å². The minimum absolute atomic E-state index is 0.151. The molecule has 0 radical (unpaired) electrons. The van der Waals surface area contributed by atoms with Gasteiger partial charge in [-0.3, -0.25) is 0 Å². The van der Waals surface area contributed by atoms with E-state index in [1.165, 1.54) is 0 Å². The highest BCUT2D eigenvalue weighted by Crippen LogP contribution is 2.14. The van der Waals surface area contributed by atoms with Crippen molar-refractivity contribution in [2.45, 2.75) is 33.3 Å². The molecule has 20 heavy (non-hydrogen) atoms. The number of carbonyl (C=O) groups excluding carboxylic acids is 1. The second kappa shape index (κ2) is 9.37. The highest BCUT2D eigenvalue weighted by atomic mass is 16.5. The zero-order chi connectivity index (χ0) is 14.8. The third kappa shape index (κ3) is 7.14. The van der Waals surface area contributed by atoms with Gasteiger partial charge in [-0.05, 0) is 30.2 Å². The Bertz CT molecular complexity index is 379. The second-order valence-electron chi connectivity index (χ2n) is 5.45. The number of alkyl carbamates (subject to hydrolysis) is 1. The van der Waals surface area contributed by atoms with Crippen molar-refractivity contribution in [2.24, 2.45) is 11.8 Å². The van der Waals surface area contributed by atoms with E-state index in [2.05, 4.69) is 19.2 Å². The Hall–Kier alpha value is -1.55. The van der Waals surface area contributed by atoms with Gasteiger partial charge in [-0.15, -0.1) is 0 Å². The van der Waals surface area contributed by atoms with Crippen LogP contribution in [0.15, 0.2) is 30.3 Å². The van der Waals surface area contributed by atoms with Gasteiger partial charge in [-0.25, -0.2) is 4.79 Å². The van der Waals surface area contributed by atoms with Gasteiger partial charge in [-0.1, -0.05) is 44.2 Å². The van der Waals surface area contributed by atoms with E-state index >= 15 is 0 Å². The average Bonchev–Trinajstić information content (AvgIpc) is 2.43. The van der Waals surface area contributed by atoms with Gasteiger partial charge in [0.05, 0.1) is 0 Å². The first-order valence-electron chi connectivity index (χ1n) is 7.17. The van der Waals surface area contributed by atoms with Crippen LogP contribution < -0.4 is 5.32 Å². The molecule has 0 aromatic heterocycles. The third-order valence-electron chi connectivity index (χ3n) is 3.09. The molecule has 0 spiro atoms. The maximum atomic E-state index is 11.6. The monoisotopic (exact) mass is 279 g/mol. The van der Waals surface area contributed by atoms with Crippen LogP contribution in [0.3, 0.4) is 0 Å². The van der Waals surface area contributed by atoms with Crippen LogP contribution >= 0.6 is 0 Å². The Balaban J connectivity index is 2.27. The predicted molar refractivity (Wildman–Crippen MR) is 79.3 cm³/mol. The molecule has 0 aliphatic rings. The first-order valence-corrected chi connectivity index (χ1v) is 7.17. The van der Waals surface area contributed by atoms with Gasteiger partial charge >= 0.3 is 6.09 Å². The standard InChI is InChI=1S/C16H25NO3/c1-13(2)10-15(8-9-18)11-17-16(19)20-12-14-6-4-3-5-7-14/h3-7,13,15,18H,8-12H2,1-2H3,(H,17,19). The molecular formula is C16H25NO3. The number of nitrogens with one attached hydrogen (secondary N) is 1. The number of amides is 1. The third-order valence-corrected chi connectivity index (χ3v) is 3.09. The number of carbonyl (C=O) groups is 1. The van der Waals surface area contributed by atoms with Gasteiger partial charge in [-0.2, -0.15) is 0 Å². The van der Waals surface area contributed by atoms with E-state index < -0.39 is 6.09 Å². The molecule has 0 aliphatic heterocycles. The number of benzene rings is 1. The van der Waals surface area contributed by atoms with Crippen LogP contribution in [0, 0.1) is 11.8 Å². The van der Waals surface area contributed by atoms with E-state index in [0.29, 0.717) is 24.8 Å². The topological polar surface area (TPSA) is 58.6 Å². The van der Waals surface area contributed by atoms with Crippen LogP contribution in [-0.4, -0.2) is 24.4 Å². The van der Waals surface area contributed by atoms with Crippen molar-refractivity contribution in [2.75, 3.05) is 13.2 Å². The summed E-state index contributed by atoms with van der Waals surface area (Å²) in [5, 5.41) is 11.8. The summed E-state index contributed by atoms with van der Waals surface area (Å²) >= 11 is 0. The Morgan fingerprint density at radius 1 is 1.30 bits per heavy atom. The molecule has 1 amide bonds. The van der Waals surface area contributed by atoms with E-state index in [9.17, 15) is 4.79 Å². The van der Waals surface area contributed by atoms with Crippen molar-refractivity contribution in [1.29, 1.82) is 0 Å². The summed E-state index contributed by atoms with van der Waals surface area (Å²) in [6.45, 7) is 5.25. The Morgan fingerprint density at radius 2 is 2.00 bits per heavy atom. The quantitative estimate of drug-likeness (QED) is 0.769. The van der Waals surface area contributed by atoms with Crippen molar-refractivity contribution >= 4 is 6.09 Å². The number of aliphatic hydroxyl groups is 1. The van der Waals surface area contributed by atoms with Crippen molar-refractivity contribution in [3.05, 3.63) is 35.9 Å². The molecule has 4 heteroatoms. The Kier molecular flexibility index (Phi) is 7.73. The Morgan fingerprint density at radius 3 is 2.60 bits per heavy atom. The van der Waals surface area contributed by atoms with Crippen molar-refractivity contribution in [3.63, 3.8) is 0 Å². The normalized spacial score (nSPS) is 12.2. The maximum Gasteiger partial charge on any atom is 0.407 e. The molecule has 0 fully saturated rings. The summed E-state index contributed by atoms with van der Waals surface area (Å²) in [5.74, 6) is 0.845. The lowest BCUT2D eigenvalue weighted by Crippen LogP contribution is -2.30. The lowest BCUT2D eigenvalue weighted by atomic mass is 9.94. The second-order valence-corrected chi connectivity index (χ2v) is 5.45. The molecule has 0 saturated heterocycles. The molecule has 0 saturated carbocycles. The van der Waals surface area contributed by atoms with Crippen LogP contribution in [0.2, 0.25) is 0 Å². The molecule has 0 bridgehead atoms. The smallest absolute Gasteiger partial charge is 0.407 e. The molecule has 1 rings (SSSR count). The lowest BCUT2D eigenvalue weighted by Gasteiger charge is -2.18.